The van der Waals surface area contributed by atoms with Crippen LogP contribution in [0.25, 0.3) is 0 Å². The van der Waals surface area contributed by atoms with Gasteiger partial charge in [-0.05, 0) is 18.1 Å². The van der Waals surface area contributed by atoms with E-state index in [4.69, 9.17) is 17.3 Å². The summed E-state index contributed by atoms with van der Waals surface area (Å²) in [4.78, 5) is 0. The fourth-order valence-corrected chi connectivity index (χ4v) is 3.35. The smallest absolute Gasteiger partial charge is 0.191 e. The molecular weight excluding hydrogens is 280 g/mol. The standard InChI is InChI=1S/C13H17ClN4S/c1-3-11(15)12(9-6-4-5-7-10(9)14)19-13-17-16-8-18(13)2/h4-8,11-12H,3,15H2,1-2H3. The average molecular weight is 297 g/mol. The number of benzene rings is 1. The second-order valence-corrected chi connectivity index (χ2v) is 5.87. The van der Waals surface area contributed by atoms with Crippen molar-refractivity contribution in [2.45, 2.75) is 29.8 Å². The Morgan fingerprint density at radius 1 is 1.42 bits per heavy atom. The second-order valence-electron chi connectivity index (χ2n) is 4.36. The van der Waals surface area contributed by atoms with Gasteiger partial charge in [0.2, 0.25) is 0 Å². The Morgan fingerprint density at radius 3 is 2.74 bits per heavy atom. The van der Waals surface area contributed by atoms with Crippen LogP contribution < -0.4 is 5.73 Å². The molecule has 102 valence electrons. The third kappa shape index (κ3) is 3.29. The predicted molar refractivity (Wildman–Crippen MR) is 79.3 cm³/mol. The molecule has 1 heterocycles. The minimum atomic E-state index is 0.0154. The lowest BCUT2D eigenvalue weighted by Crippen LogP contribution is -2.26. The summed E-state index contributed by atoms with van der Waals surface area (Å²) in [5.74, 6) is 0. The van der Waals surface area contributed by atoms with Crippen molar-refractivity contribution in [2.24, 2.45) is 12.8 Å². The molecule has 2 aromatic rings. The van der Waals surface area contributed by atoms with Gasteiger partial charge in [-0.15, -0.1) is 10.2 Å². The number of aromatic nitrogens is 3. The van der Waals surface area contributed by atoms with Crippen molar-refractivity contribution in [3.05, 3.63) is 41.2 Å². The lowest BCUT2D eigenvalue weighted by molar-refractivity contribution is 0.630. The maximum Gasteiger partial charge on any atom is 0.191 e. The maximum absolute atomic E-state index is 6.29. The highest BCUT2D eigenvalue weighted by atomic mass is 35.5. The fraction of sp³-hybridized carbons (Fsp3) is 0.385. The molecule has 2 N–H and O–H groups in total. The fourth-order valence-electron chi connectivity index (χ4n) is 1.79. The van der Waals surface area contributed by atoms with Gasteiger partial charge in [-0.1, -0.05) is 48.5 Å². The minimum absolute atomic E-state index is 0.0154. The largest absolute Gasteiger partial charge is 0.326 e. The first kappa shape index (κ1) is 14.4. The normalized spacial score (nSPS) is 14.3. The van der Waals surface area contributed by atoms with Crippen LogP contribution in [0.15, 0.2) is 35.7 Å². The predicted octanol–water partition coefficient (Wildman–Crippen LogP) is 3.04. The summed E-state index contributed by atoms with van der Waals surface area (Å²) in [6, 6.07) is 7.83. The van der Waals surface area contributed by atoms with E-state index < -0.39 is 0 Å². The molecule has 1 aromatic carbocycles. The monoisotopic (exact) mass is 296 g/mol. The number of nitrogens with two attached hydrogens (primary N) is 1. The molecule has 0 aliphatic rings. The number of rotatable bonds is 5. The van der Waals surface area contributed by atoms with Crippen molar-refractivity contribution in [3.8, 4) is 0 Å². The molecular formula is C13H17ClN4S. The molecule has 0 aliphatic carbocycles. The quantitative estimate of drug-likeness (QED) is 0.862. The summed E-state index contributed by atoms with van der Waals surface area (Å²) >= 11 is 7.89. The molecule has 2 unspecified atom stereocenters. The van der Waals surface area contributed by atoms with E-state index in [-0.39, 0.29) is 11.3 Å². The summed E-state index contributed by atoms with van der Waals surface area (Å²) in [7, 11) is 1.92. The van der Waals surface area contributed by atoms with Gasteiger partial charge in [0.15, 0.2) is 5.16 Å². The van der Waals surface area contributed by atoms with Crippen molar-refractivity contribution in [2.75, 3.05) is 0 Å². The Morgan fingerprint density at radius 2 is 2.16 bits per heavy atom. The Bertz CT molecular complexity index is 543. The van der Waals surface area contributed by atoms with E-state index >= 15 is 0 Å². The lowest BCUT2D eigenvalue weighted by Gasteiger charge is -2.23. The molecule has 19 heavy (non-hydrogen) atoms. The number of aryl methyl sites for hydroxylation is 1. The first-order valence-corrected chi connectivity index (χ1v) is 7.40. The highest BCUT2D eigenvalue weighted by molar-refractivity contribution is 7.99. The molecule has 0 saturated carbocycles. The van der Waals surface area contributed by atoms with Crippen LogP contribution in [0, 0.1) is 0 Å². The van der Waals surface area contributed by atoms with Crippen LogP contribution >= 0.6 is 23.4 Å². The summed E-state index contributed by atoms with van der Waals surface area (Å²) in [5.41, 5.74) is 7.30. The average Bonchev–Trinajstić information content (AvgIpc) is 2.81. The molecule has 1 aromatic heterocycles. The highest BCUT2D eigenvalue weighted by Gasteiger charge is 2.23. The van der Waals surface area contributed by atoms with E-state index in [1.807, 2.05) is 35.9 Å². The topological polar surface area (TPSA) is 56.7 Å². The van der Waals surface area contributed by atoms with Gasteiger partial charge in [0, 0.05) is 18.1 Å². The van der Waals surface area contributed by atoms with Crippen LogP contribution in [0.1, 0.15) is 24.2 Å². The molecule has 0 spiro atoms. The zero-order valence-corrected chi connectivity index (χ0v) is 12.5. The van der Waals surface area contributed by atoms with E-state index in [2.05, 4.69) is 17.1 Å². The Balaban J connectivity index is 2.32. The van der Waals surface area contributed by atoms with Gasteiger partial charge in [-0.25, -0.2) is 0 Å². The van der Waals surface area contributed by atoms with Crippen LogP contribution in [0.4, 0.5) is 0 Å². The van der Waals surface area contributed by atoms with E-state index in [0.717, 1.165) is 22.2 Å². The van der Waals surface area contributed by atoms with Gasteiger partial charge in [0.05, 0.1) is 5.25 Å². The Hall–Kier alpha value is -1.04. The third-order valence-corrected chi connectivity index (χ3v) is 4.76. The van der Waals surface area contributed by atoms with Crippen molar-refractivity contribution >= 4 is 23.4 Å². The summed E-state index contributed by atoms with van der Waals surface area (Å²) in [6.07, 6.45) is 2.56. The summed E-state index contributed by atoms with van der Waals surface area (Å²) < 4.78 is 1.89. The van der Waals surface area contributed by atoms with Crippen molar-refractivity contribution in [3.63, 3.8) is 0 Å². The van der Waals surface area contributed by atoms with Crippen LogP contribution in [0.3, 0.4) is 0 Å². The third-order valence-electron chi connectivity index (χ3n) is 2.97. The SMILES string of the molecule is CCC(N)C(Sc1nncn1C)c1ccccc1Cl. The van der Waals surface area contributed by atoms with Crippen LogP contribution in [-0.2, 0) is 7.05 Å². The van der Waals surface area contributed by atoms with E-state index in [1.54, 1.807) is 18.1 Å². The number of hydrogen-bond donors (Lipinski definition) is 1. The van der Waals surface area contributed by atoms with Gasteiger partial charge in [0.1, 0.15) is 6.33 Å². The van der Waals surface area contributed by atoms with E-state index in [0.29, 0.717) is 0 Å². The maximum atomic E-state index is 6.29. The molecule has 0 amide bonds. The van der Waals surface area contributed by atoms with Gasteiger partial charge in [-0.3, -0.25) is 0 Å². The Kier molecular flexibility index (Phi) is 4.85. The molecule has 0 fully saturated rings. The molecule has 0 bridgehead atoms. The van der Waals surface area contributed by atoms with Crippen molar-refractivity contribution in [1.29, 1.82) is 0 Å². The highest BCUT2D eigenvalue weighted by Crippen LogP contribution is 2.39. The number of nitrogens with zero attached hydrogens (tertiary/aromatic N) is 3. The molecule has 2 rings (SSSR count). The van der Waals surface area contributed by atoms with Gasteiger partial charge < -0.3 is 10.3 Å². The van der Waals surface area contributed by atoms with Crippen molar-refractivity contribution < 1.29 is 0 Å². The van der Waals surface area contributed by atoms with Crippen LogP contribution in [-0.4, -0.2) is 20.8 Å². The number of thioether (sulfide) groups is 1. The zero-order chi connectivity index (χ0) is 13.8. The van der Waals surface area contributed by atoms with Crippen LogP contribution in [0.2, 0.25) is 5.02 Å². The molecule has 0 aliphatic heterocycles. The van der Waals surface area contributed by atoms with Gasteiger partial charge >= 0.3 is 0 Å². The Labute approximate surface area is 122 Å². The second kappa shape index (κ2) is 6.41. The molecule has 2 atom stereocenters. The van der Waals surface area contributed by atoms with E-state index in [1.165, 1.54) is 0 Å². The molecule has 0 saturated heterocycles. The first-order valence-electron chi connectivity index (χ1n) is 6.14. The zero-order valence-electron chi connectivity index (χ0n) is 11.0. The van der Waals surface area contributed by atoms with Crippen LogP contribution in [0.5, 0.6) is 0 Å². The van der Waals surface area contributed by atoms with E-state index in [9.17, 15) is 0 Å². The van der Waals surface area contributed by atoms with Gasteiger partial charge in [-0.2, -0.15) is 0 Å². The molecule has 4 nitrogen and oxygen atoms in total. The van der Waals surface area contributed by atoms with Crippen molar-refractivity contribution in [1.82, 2.24) is 14.8 Å². The summed E-state index contributed by atoms with van der Waals surface area (Å²) in [5, 5.41) is 9.65. The minimum Gasteiger partial charge on any atom is -0.326 e. The first-order chi connectivity index (χ1) is 9.13. The summed E-state index contributed by atoms with van der Waals surface area (Å²) in [6.45, 7) is 2.08. The number of hydrogen-bond acceptors (Lipinski definition) is 4. The lowest BCUT2D eigenvalue weighted by atomic mass is 10.0. The van der Waals surface area contributed by atoms with Gasteiger partial charge in [0.25, 0.3) is 0 Å². The molecule has 6 heteroatoms. The molecule has 0 radical (unpaired) electrons. The number of halogens is 1.